The first kappa shape index (κ1) is 14.1. The Hall–Kier alpha value is -0.950. The Morgan fingerprint density at radius 2 is 1.87 bits per heavy atom. The summed E-state index contributed by atoms with van der Waals surface area (Å²) in [6.45, 7) is 6.67. The van der Waals surface area contributed by atoms with Crippen molar-refractivity contribution in [2.45, 2.75) is 27.2 Å². The molecule has 0 heterocycles. The van der Waals surface area contributed by atoms with Crippen LogP contribution in [-0.4, -0.2) is 6.61 Å². The molecule has 0 N–H and O–H groups in total. The molecule has 0 bridgehead atoms. The zero-order valence-electron chi connectivity index (χ0n) is 9.66. The lowest BCUT2D eigenvalue weighted by Gasteiger charge is -2.03. The Morgan fingerprint density at radius 3 is 2.47 bits per heavy atom. The van der Waals surface area contributed by atoms with Crippen molar-refractivity contribution in [1.29, 1.82) is 0 Å². The van der Waals surface area contributed by atoms with Crippen LogP contribution in [0.15, 0.2) is 36.4 Å². The van der Waals surface area contributed by atoms with E-state index in [2.05, 4.69) is 13.0 Å². The summed E-state index contributed by atoms with van der Waals surface area (Å²) in [5.41, 5.74) is 0. The van der Waals surface area contributed by atoms with Gasteiger partial charge in [0.2, 0.25) is 0 Å². The second kappa shape index (κ2) is 9.60. The van der Waals surface area contributed by atoms with Gasteiger partial charge in [-0.25, -0.2) is 0 Å². The first-order valence-electron chi connectivity index (χ1n) is 5.37. The van der Waals surface area contributed by atoms with Gasteiger partial charge in [0.05, 0.1) is 5.02 Å². The molecule has 1 rings (SSSR count). The molecule has 2 heteroatoms. The summed E-state index contributed by atoms with van der Waals surface area (Å²) in [6, 6.07) is 7.48. The molecule has 0 saturated heterocycles. The molecule has 0 radical (unpaired) electrons. The van der Waals surface area contributed by atoms with Gasteiger partial charge in [-0.2, -0.15) is 0 Å². The van der Waals surface area contributed by atoms with Crippen molar-refractivity contribution in [3.8, 4) is 5.75 Å². The summed E-state index contributed by atoms with van der Waals surface area (Å²) in [4.78, 5) is 0. The van der Waals surface area contributed by atoms with E-state index >= 15 is 0 Å². The normalized spacial score (nSPS) is 9.60. The van der Waals surface area contributed by atoms with Crippen LogP contribution in [0.2, 0.25) is 5.02 Å². The molecule has 0 spiro atoms. The van der Waals surface area contributed by atoms with Gasteiger partial charge in [-0.15, -0.1) is 0 Å². The summed E-state index contributed by atoms with van der Waals surface area (Å²) in [7, 11) is 0. The number of allylic oxidation sites excluding steroid dienone is 1. The predicted octanol–water partition coefficient (Wildman–Crippen LogP) is 4.71. The monoisotopic (exact) mass is 226 g/mol. The van der Waals surface area contributed by atoms with Crippen LogP contribution in [0.3, 0.4) is 0 Å². The summed E-state index contributed by atoms with van der Waals surface area (Å²) >= 11 is 5.89. The average molecular weight is 227 g/mol. The van der Waals surface area contributed by atoms with E-state index in [0.29, 0.717) is 11.6 Å². The van der Waals surface area contributed by atoms with Gasteiger partial charge in [-0.1, -0.05) is 56.7 Å². The molecule has 1 aromatic carbocycles. The molecule has 84 valence electrons. The van der Waals surface area contributed by atoms with E-state index in [-0.39, 0.29) is 0 Å². The van der Waals surface area contributed by atoms with Crippen LogP contribution in [0, 0.1) is 0 Å². The Balaban J connectivity index is 0.000000921. The smallest absolute Gasteiger partial charge is 0.138 e. The van der Waals surface area contributed by atoms with Crippen molar-refractivity contribution in [2.75, 3.05) is 6.61 Å². The highest BCUT2D eigenvalue weighted by Crippen LogP contribution is 2.22. The molecule has 1 nitrogen and oxygen atoms in total. The molecule has 0 saturated carbocycles. The number of halogens is 1. The lowest BCUT2D eigenvalue weighted by atomic mass is 10.3. The molecule has 0 aromatic heterocycles. The van der Waals surface area contributed by atoms with E-state index in [4.69, 9.17) is 16.3 Å². The van der Waals surface area contributed by atoms with Gasteiger partial charge in [-0.05, 0) is 18.6 Å². The highest BCUT2D eigenvalue weighted by Gasteiger charge is 1.96. The summed E-state index contributed by atoms with van der Waals surface area (Å²) in [5.74, 6) is 0.741. The number of para-hydroxylation sites is 1. The van der Waals surface area contributed by atoms with Gasteiger partial charge in [0.25, 0.3) is 0 Å². The molecule has 0 aliphatic rings. The Bertz CT molecular complexity index is 282. The largest absolute Gasteiger partial charge is 0.488 e. The van der Waals surface area contributed by atoms with Gasteiger partial charge < -0.3 is 4.74 Å². The molecule has 1 aromatic rings. The Morgan fingerprint density at radius 1 is 1.20 bits per heavy atom. The molecular formula is C13H19ClO. The van der Waals surface area contributed by atoms with Crippen LogP contribution in [0.5, 0.6) is 5.75 Å². The highest BCUT2D eigenvalue weighted by atomic mass is 35.5. The first-order chi connectivity index (χ1) is 7.34. The summed E-state index contributed by atoms with van der Waals surface area (Å²) < 4.78 is 5.42. The van der Waals surface area contributed by atoms with E-state index in [0.717, 1.165) is 12.2 Å². The standard InChI is InChI=1S/C11H13ClO.C2H6/c1-2-3-6-9-13-11-8-5-4-7-10(11)12;1-2/h3-8H,2,9H2,1H3;1-2H3/b6-3+;. The Labute approximate surface area is 97.7 Å². The number of ether oxygens (including phenoxy) is 1. The lowest BCUT2D eigenvalue weighted by Crippen LogP contribution is -1.93. The van der Waals surface area contributed by atoms with Gasteiger partial charge in [0.1, 0.15) is 12.4 Å². The first-order valence-corrected chi connectivity index (χ1v) is 5.74. The Kier molecular flexibility index (Phi) is 8.99. The molecular weight excluding hydrogens is 208 g/mol. The van der Waals surface area contributed by atoms with E-state index < -0.39 is 0 Å². The van der Waals surface area contributed by atoms with Crippen LogP contribution in [-0.2, 0) is 0 Å². The SMILES string of the molecule is CC.CC/C=C/COc1ccccc1Cl. The number of hydrogen-bond donors (Lipinski definition) is 0. The maximum atomic E-state index is 5.89. The number of rotatable bonds is 4. The zero-order chi connectivity index (χ0) is 11.5. The fourth-order valence-corrected chi connectivity index (χ4v) is 1.12. The topological polar surface area (TPSA) is 9.23 Å². The fourth-order valence-electron chi connectivity index (χ4n) is 0.934. The quantitative estimate of drug-likeness (QED) is 0.676. The third-order valence-corrected chi connectivity index (χ3v) is 1.89. The van der Waals surface area contributed by atoms with E-state index in [1.165, 1.54) is 0 Å². The van der Waals surface area contributed by atoms with Crippen molar-refractivity contribution in [3.63, 3.8) is 0 Å². The van der Waals surface area contributed by atoms with Crippen LogP contribution < -0.4 is 4.74 Å². The van der Waals surface area contributed by atoms with E-state index in [1.54, 1.807) is 0 Å². The van der Waals surface area contributed by atoms with E-state index in [9.17, 15) is 0 Å². The zero-order valence-corrected chi connectivity index (χ0v) is 10.4. The van der Waals surface area contributed by atoms with Gasteiger partial charge in [0.15, 0.2) is 0 Å². The van der Waals surface area contributed by atoms with Crippen LogP contribution in [0.1, 0.15) is 27.2 Å². The summed E-state index contributed by atoms with van der Waals surface area (Å²) in [6.07, 6.45) is 5.09. The second-order valence-corrected chi connectivity index (χ2v) is 3.03. The molecule has 0 amide bonds. The van der Waals surface area contributed by atoms with Crippen molar-refractivity contribution in [1.82, 2.24) is 0 Å². The van der Waals surface area contributed by atoms with E-state index in [1.807, 2.05) is 44.2 Å². The van der Waals surface area contributed by atoms with Crippen molar-refractivity contribution in [2.24, 2.45) is 0 Å². The fraction of sp³-hybridized carbons (Fsp3) is 0.385. The number of hydrogen-bond acceptors (Lipinski definition) is 1. The van der Waals surface area contributed by atoms with Gasteiger partial charge >= 0.3 is 0 Å². The third kappa shape index (κ3) is 6.19. The minimum atomic E-state index is 0.581. The maximum absolute atomic E-state index is 5.89. The molecule has 15 heavy (non-hydrogen) atoms. The molecule has 0 unspecified atom stereocenters. The van der Waals surface area contributed by atoms with Crippen LogP contribution in [0.25, 0.3) is 0 Å². The van der Waals surface area contributed by atoms with Crippen LogP contribution in [0.4, 0.5) is 0 Å². The lowest BCUT2D eigenvalue weighted by molar-refractivity contribution is 0.363. The predicted molar refractivity (Wildman–Crippen MR) is 67.7 cm³/mol. The average Bonchev–Trinajstić information content (AvgIpc) is 2.29. The van der Waals surface area contributed by atoms with Crippen molar-refractivity contribution >= 4 is 11.6 Å². The molecule has 0 aliphatic heterocycles. The van der Waals surface area contributed by atoms with Crippen molar-refractivity contribution in [3.05, 3.63) is 41.4 Å². The van der Waals surface area contributed by atoms with Crippen molar-refractivity contribution < 1.29 is 4.74 Å². The van der Waals surface area contributed by atoms with Crippen LogP contribution >= 0.6 is 11.6 Å². The highest BCUT2D eigenvalue weighted by molar-refractivity contribution is 6.32. The molecule has 0 atom stereocenters. The maximum Gasteiger partial charge on any atom is 0.138 e. The third-order valence-electron chi connectivity index (χ3n) is 1.57. The minimum Gasteiger partial charge on any atom is -0.488 e. The molecule has 0 aliphatic carbocycles. The van der Waals surface area contributed by atoms with Gasteiger partial charge in [0, 0.05) is 0 Å². The second-order valence-electron chi connectivity index (χ2n) is 2.62. The molecule has 0 fully saturated rings. The number of benzene rings is 1. The summed E-state index contributed by atoms with van der Waals surface area (Å²) in [5, 5.41) is 0.660. The van der Waals surface area contributed by atoms with Gasteiger partial charge in [-0.3, -0.25) is 0 Å². The minimum absolute atomic E-state index is 0.581.